The Labute approximate surface area is 144 Å². The second-order valence-corrected chi connectivity index (χ2v) is 7.48. The summed E-state index contributed by atoms with van der Waals surface area (Å²) >= 11 is 8.44. The number of amides is 1. The van der Waals surface area contributed by atoms with E-state index in [-0.39, 0.29) is 24.7 Å². The van der Waals surface area contributed by atoms with E-state index in [2.05, 4.69) is 10.9 Å². The van der Waals surface area contributed by atoms with E-state index in [1.54, 1.807) is 22.8 Å². The van der Waals surface area contributed by atoms with Crippen molar-refractivity contribution < 1.29 is 9.18 Å². The number of rotatable bonds is 3. The fourth-order valence-corrected chi connectivity index (χ4v) is 4.27. The van der Waals surface area contributed by atoms with E-state index in [1.807, 2.05) is 0 Å². The van der Waals surface area contributed by atoms with E-state index in [4.69, 9.17) is 18.0 Å². The Morgan fingerprint density at radius 2 is 2.17 bits per heavy atom. The zero-order valence-electron chi connectivity index (χ0n) is 11.8. The molecule has 116 valence electrons. The van der Waals surface area contributed by atoms with Crippen molar-refractivity contribution in [2.75, 3.05) is 0 Å². The normalized spacial score (nSPS) is 11.8. The standard InChI is InChI=1S/C16H10ClFN2OS2/c1-2-7-20-12-5-3-10(18)8-13(12)23-16(20)19-15(21)9-11-4-6-14(17)22-11/h1,3-6,8H,7,9H2. The number of carbonyl (C=O) groups excluding carboxylic acids is 1. The van der Waals surface area contributed by atoms with Gasteiger partial charge in [0.05, 0.1) is 27.5 Å². The predicted octanol–water partition coefficient (Wildman–Crippen LogP) is 3.86. The molecule has 0 N–H and O–H groups in total. The van der Waals surface area contributed by atoms with Gasteiger partial charge in [0.15, 0.2) is 4.80 Å². The minimum atomic E-state index is -0.335. The molecule has 3 aromatic rings. The van der Waals surface area contributed by atoms with Crippen LogP contribution in [0.1, 0.15) is 4.88 Å². The average molecular weight is 365 g/mol. The first-order chi connectivity index (χ1) is 11.1. The van der Waals surface area contributed by atoms with Crippen molar-refractivity contribution in [1.82, 2.24) is 4.57 Å². The number of aromatic nitrogens is 1. The van der Waals surface area contributed by atoms with Gasteiger partial charge in [-0.15, -0.1) is 17.8 Å². The molecule has 0 spiro atoms. The van der Waals surface area contributed by atoms with E-state index in [9.17, 15) is 9.18 Å². The van der Waals surface area contributed by atoms with Gasteiger partial charge in [-0.05, 0) is 30.3 Å². The lowest BCUT2D eigenvalue weighted by Crippen LogP contribution is -2.16. The van der Waals surface area contributed by atoms with Crippen molar-refractivity contribution in [1.29, 1.82) is 0 Å². The maximum atomic E-state index is 13.4. The molecule has 0 aliphatic heterocycles. The van der Waals surface area contributed by atoms with Crippen molar-refractivity contribution in [2.45, 2.75) is 13.0 Å². The summed E-state index contributed by atoms with van der Waals surface area (Å²) in [5.74, 6) is 1.91. The first-order valence-electron chi connectivity index (χ1n) is 6.61. The maximum Gasteiger partial charge on any atom is 0.253 e. The highest BCUT2D eigenvalue weighted by Crippen LogP contribution is 2.22. The van der Waals surface area contributed by atoms with Crippen LogP contribution in [0.15, 0.2) is 35.3 Å². The van der Waals surface area contributed by atoms with Crippen LogP contribution in [0.5, 0.6) is 0 Å². The number of benzene rings is 1. The molecule has 0 atom stereocenters. The summed E-state index contributed by atoms with van der Waals surface area (Å²) < 4.78 is 16.4. The second kappa shape index (κ2) is 6.67. The van der Waals surface area contributed by atoms with Gasteiger partial charge in [0, 0.05) is 4.88 Å². The molecule has 1 amide bonds. The van der Waals surface area contributed by atoms with E-state index in [0.717, 1.165) is 10.4 Å². The average Bonchev–Trinajstić information content (AvgIpc) is 3.03. The largest absolute Gasteiger partial charge is 0.305 e. The molecule has 1 aromatic carbocycles. The van der Waals surface area contributed by atoms with Crippen LogP contribution in [0.2, 0.25) is 4.34 Å². The highest BCUT2D eigenvalue weighted by molar-refractivity contribution is 7.16. The third-order valence-electron chi connectivity index (χ3n) is 3.07. The molecule has 2 aromatic heterocycles. The van der Waals surface area contributed by atoms with Gasteiger partial charge in [-0.2, -0.15) is 4.99 Å². The summed E-state index contributed by atoms with van der Waals surface area (Å²) in [5, 5.41) is 0. The smallest absolute Gasteiger partial charge is 0.253 e. The number of fused-ring (bicyclic) bond motifs is 1. The third kappa shape index (κ3) is 3.53. The zero-order valence-corrected chi connectivity index (χ0v) is 14.1. The van der Waals surface area contributed by atoms with Gasteiger partial charge in [0.2, 0.25) is 0 Å². The molecule has 0 saturated heterocycles. The van der Waals surface area contributed by atoms with Crippen LogP contribution in [0.3, 0.4) is 0 Å². The zero-order chi connectivity index (χ0) is 16.4. The first-order valence-corrected chi connectivity index (χ1v) is 8.62. The van der Waals surface area contributed by atoms with Crippen LogP contribution >= 0.6 is 34.3 Å². The molecule has 23 heavy (non-hydrogen) atoms. The third-order valence-corrected chi connectivity index (χ3v) is 5.34. The quantitative estimate of drug-likeness (QED) is 0.650. The molecule has 0 aliphatic rings. The molecule has 3 nitrogen and oxygen atoms in total. The topological polar surface area (TPSA) is 34.4 Å². The Morgan fingerprint density at radius 1 is 1.35 bits per heavy atom. The van der Waals surface area contributed by atoms with Crippen molar-refractivity contribution in [3.8, 4) is 12.3 Å². The van der Waals surface area contributed by atoms with Crippen LogP contribution < -0.4 is 4.80 Å². The molecular formula is C16H10ClFN2OS2. The predicted molar refractivity (Wildman–Crippen MR) is 92.2 cm³/mol. The number of thiazole rings is 1. The lowest BCUT2D eigenvalue weighted by molar-refractivity contribution is -0.117. The van der Waals surface area contributed by atoms with Gasteiger partial charge >= 0.3 is 0 Å². The number of nitrogens with zero attached hydrogens (tertiary/aromatic N) is 2. The summed E-state index contributed by atoms with van der Waals surface area (Å²) in [5.41, 5.74) is 0.764. The number of thiophene rings is 1. The van der Waals surface area contributed by atoms with Crippen LogP contribution in [0.4, 0.5) is 4.39 Å². The van der Waals surface area contributed by atoms with Gasteiger partial charge in [-0.25, -0.2) is 4.39 Å². The Morgan fingerprint density at radius 3 is 2.87 bits per heavy atom. The fourth-order valence-electron chi connectivity index (χ4n) is 2.12. The van der Waals surface area contributed by atoms with Crippen molar-refractivity contribution in [3.05, 3.63) is 50.2 Å². The number of halogens is 2. The highest BCUT2D eigenvalue weighted by Gasteiger charge is 2.09. The van der Waals surface area contributed by atoms with Gasteiger partial charge in [-0.1, -0.05) is 28.9 Å². The number of carbonyl (C=O) groups is 1. The molecule has 0 bridgehead atoms. The summed E-state index contributed by atoms with van der Waals surface area (Å²) in [6, 6.07) is 7.96. The Balaban J connectivity index is 2.01. The van der Waals surface area contributed by atoms with E-state index >= 15 is 0 Å². The molecule has 0 saturated carbocycles. The van der Waals surface area contributed by atoms with Gasteiger partial charge in [0.25, 0.3) is 5.91 Å². The van der Waals surface area contributed by atoms with Crippen LogP contribution in [0, 0.1) is 18.2 Å². The fraction of sp³-hybridized carbons (Fsp3) is 0.125. The maximum absolute atomic E-state index is 13.4. The number of terminal acetylenes is 1. The van der Waals surface area contributed by atoms with Gasteiger partial charge < -0.3 is 4.57 Å². The van der Waals surface area contributed by atoms with E-state index < -0.39 is 0 Å². The summed E-state index contributed by atoms with van der Waals surface area (Å²) in [4.78, 5) is 17.6. The van der Waals surface area contributed by atoms with Gasteiger partial charge in [0.1, 0.15) is 5.82 Å². The lowest BCUT2D eigenvalue weighted by Gasteiger charge is -1.99. The Hall–Kier alpha value is -1.94. The van der Waals surface area contributed by atoms with Crippen LogP contribution in [-0.2, 0) is 17.8 Å². The van der Waals surface area contributed by atoms with Crippen LogP contribution in [0.25, 0.3) is 10.2 Å². The number of hydrogen-bond acceptors (Lipinski definition) is 3. The minimum Gasteiger partial charge on any atom is -0.305 e. The highest BCUT2D eigenvalue weighted by atomic mass is 35.5. The lowest BCUT2D eigenvalue weighted by atomic mass is 10.3. The molecule has 0 fully saturated rings. The first kappa shape index (κ1) is 15.9. The second-order valence-electron chi connectivity index (χ2n) is 4.68. The molecule has 0 unspecified atom stereocenters. The van der Waals surface area contributed by atoms with Gasteiger partial charge in [-0.3, -0.25) is 4.79 Å². The monoisotopic (exact) mass is 364 g/mol. The molecular weight excluding hydrogens is 355 g/mol. The Bertz CT molecular complexity index is 994. The Kier molecular flexibility index (Phi) is 4.62. The summed E-state index contributed by atoms with van der Waals surface area (Å²) in [6.07, 6.45) is 5.56. The van der Waals surface area contributed by atoms with Crippen molar-refractivity contribution in [2.24, 2.45) is 4.99 Å². The molecule has 0 aliphatic carbocycles. The molecule has 2 heterocycles. The summed E-state index contributed by atoms with van der Waals surface area (Å²) in [6.45, 7) is 0.266. The molecule has 3 rings (SSSR count). The summed E-state index contributed by atoms with van der Waals surface area (Å²) in [7, 11) is 0. The van der Waals surface area contributed by atoms with E-state index in [1.165, 1.54) is 34.8 Å². The van der Waals surface area contributed by atoms with Crippen molar-refractivity contribution in [3.63, 3.8) is 0 Å². The number of hydrogen-bond donors (Lipinski definition) is 0. The van der Waals surface area contributed by atoms with E-state index in [0.29, 0.717) is 13.8 Å². The SMILES string of the molecule is C#CCn1c(=NC(=O)Cc2ccc(Cl)s2)sc2cc(F)ccc21. The van der Waals surface area contributed by atoms with Crippen LogP contribution in [-0.4, -0.2) is 10.5 Å². The minimum absolute atomic E-state index is 0.177. The van der Waals surface area contributed by atoms with Crippen molar-refractivity contribution >= 4 is 50.4 Å². The molecule has 0 radical (unpaired) electrons. The molecule has 7 heteroatoms.